The number of nitrogens with two attached hydrogens (primary N) is 1. The Kier molecular flexibility index (Phi) is 3.44. The molecule has 0 aliphatic heterocycles. The first kappa shape index (κ1) is 13.4. The molecule has 19 heavy (non-hydrogen) atoms. The van der Waals surface area contributed by atoms with Crippen molar-refractivity contribution in [1.82, 2.24) is 0 Å². The van der Waals surface area contributed by atoms with E-state index in [0.717, 1.165) is 21.6 Å². The SMILES string of the molecule is COc1ccc(-c2c(N)sc(C)c2C)cc1[N+](=O)[O-]. The first-order chi connectivity index (χ1) is 8.95. The minimum Gasteiger partial charge on any atom is -0.490 e. The van der Waals surface area contributed by atoms with Crippen LogP contribution in [0, 0.1) is 24.0 Å². The van der Waals surface area contributed by atoms with Crippen molar-refractivity contribution >= 4 is 22.0 Å². The summed E-state index contributed by atoms with van der Waals surface area (Å²) in [4.78, 5) is 11.7. The van der Waals surface area contributed by atoms with Crippen molar-refractivity contribution in [3.63, 3.8) is 0 Å². The van der Waals surface area contributed by atoms with Gasteiger partial charge in [-0.1, -0.05) is 6.07 Å². The van der Waals surface area contributed by atoms with Gasteiger partial charge in [0, 0.05) is 16.5 Å². The monoisotopic (exact) mass is 278 g/mol. The summed E-state index contributed by atoms with van der Waals surface area (Å²) >= 11 is 1.49. The summed E-state index contributed by atoms with van der Waals surface area (Å²) in [7, 11) is 1.41. The fraction of sp³-hybridized carbons (Fsp3) is 0.231. The Bertz CT molecular complexity index is 650. The van der Waals surface area contributed by atoms with Gasteiger partial charge in [0.05, 0.1) is 17.0 Å². The summed E-state index contributed by atoms with van der Waals surface area (Å²) in [6, 6.07) is 4.89. The number of benzene rings is 1. The molecule has 2 N–H and O–H groups in total. The molecule has 0 aliphatic carbocycles. The Morgan fingerprint density at radius 1 is 1.37 bits per heavy atom. The highest BCUT2D eigenvalue weighted by Crippen LogP contribution is 2.40. The fourth-order valence-electron chi connectivity index (χ4n) is 2.00. The van der Waals surface area contributed by atoms with E-state index in [-0.39, 0.29) is 11.4 Å². The van der Waals surface area contributed by atoms with Crippen LogP contribution in [0.1, 0.15) is 10.4 Å². The molecule has 2 aromatic rings. The third-order valence-corrected chi connectivity index (χ3v) is 4.11. The lowest BCUT2D eigenvalue weighted by Gasteiger charge is -2.06. The van der Waals surface area contributed by atoms with Gasteiger partial charge in [0.1, 0.15) is 0 Å². The van der Waals surface area contributed by atoms with Gasteiger partial charge in [0.25, 0.3) is 0 Å². The minimum atomic E-state index is -0.451. The molecule has 0 saturated heterocycles. The zero-order valence-electron chi connectivity index (χ0n) is 10.9. The first-order valence-electron chi connectivity index (χ1n) is 5.64. The molecule has 0 unspecified atom stereocenters. The van der Waals surface area contributed by atoms with Crippen molar-refractivity contribution in [1.29, 1.82) is 0 Å². The van der Waals surface area contributed by atoms with Crippen LogP contribution < -0.4 is 10.5 Å². The maximum absolute atomic E-state index is 11.0. The lowest BCUT2D eigenvalue weighted by Crippen LogP contribution is -1.95. The number of thiophene rings is 1. The maximum Gasteiger partial charge on any atom is 0.311 e. The average molecular weight is 278 g/mol. The molecule has 0 bridgehead atoms. The second kappa shape index (κ2) is 4.89. The van der Waals surface area contributed by atoms with E-state index in [4.69, 9.17) is 10.5 Å². The van der Waals surface area contributed by atoms with E-state index in [1.165, 1.54) is 24.5 Å². The number of nitro groups is 1. The van der Waals surface area contributed by atoms with Gasteiger partial charge in [-0.15, -0.1) is 11.3 Å². The van der Waals surface area contributed by atoms with Gasteiger partial charge >= 0.3 is 5.69 Å². The van der Waals surface area contributed by atoms with Gasteiger partial charge in [-0.25, -0.2) is 0 Å². The predicted octanol–water partition coefficient (Wildman–Crippen LogP) is 3.53. The molecule has 0 radical (unpaired) electrons. The normalized spacial score (nSPS) is 10.5. The number of hydrogen-bond acceptors (Lipinski definition) is 5. The molecular weight excluding hydrogens is 264 g/mol. The third kappa shape index (κ3) is 2.26. The second-order valence-electron chi connectivity index (χ2n) is 4.17. The van der Waals surface area contributed by atoms with Crippen LogP contribution in [0.25, 0.3) is 11.1 Å². The molecule has 6 heteroatoms. The van der Waals surface area contributed by atoms with E-state index in [0.29, 0.717) is 5.00 Å². The highest BCUT2D eigenvalue weighted by molar-refractivity contribution is 7.16. The van der Waals surface area contributed by atoms with Crippen LogP contribution in [0.5, 0.6) is 5.75 Å². The predicted molar refractivity (Wildman–Crippen MR) is 76.8 cm³/mol. The number of anilines is 1. The Hall–Kier alpha value is -2.08. The number of hydrogen-bond donors (Lipinski definition) is 1. The van der Waals surface area contributed by atoms with Crippen molar-refractivity contribution in [3.05, 3.63) is 38.8 Å². The molecule has 1 aromatic carbocycles. The highest BCUT2D eigenvalue weighted by Gasteiger charge is 2.19. The number of nitrogens with zero attached hydrogens (tertiary/aromatic N) is 1. The summed E-state index contributed by atoms with van der Waals surface area (Å²) in [5.41, 5.74) is 8.60. The lowest BCUT2D eigenvalue weighted by atomic mass is 10.0. The van der Waals surface area contributed by atoms with E-state index in [9.17, 15) is 10.1 Å². The van der Waals surface area contributed by atoms with Gasteiger partial charge in [0.2, 0.25) is 0 Å². The minimum absolute atomic E-state index is 0.0531. The number of nitro benzene ring substituents is 1. The number of ether oxygens (including phenoxy) is 1. The Morgan fingerprint density at radius 2 is 2.05 bits per heavy atom. The van der Waals surface area contributed by atoms with Crippen molar-refractivity contribution in [2.75, 3.05) is 12.8 Å². The summed E-state index contributed by atoms with van der Waals surface area (Å²) in [5.74, 6) is 0.247. The second-order valence-corrected chi connectivity index (χ2v) is 5.42. The molecule has 0 spiro atoms. The number of rotatable bonds is 3. The number of nitrogen functional groups attached to an aromatic ring is 1. The first-order valence-corrected chi connectivity index (χ1v) is 6.45. The largest absolute Gasteiger partial charge is 0.490 e. The van der Waals surface area contributed by atoms with Crippen molar-refractivity contribution in [3.8, 4) is 16.9 Å². The molecular formula is C13H14N2O3S. The van der Waals surface area contributed by atoms with Crippen molar-refractivity contribution in [2.45, 2.75) is 13.8 Å². The van der Waals surface area contributed by atoms with E-state index >= 15 is 0 Å². The molecule has 0 saturated carbocycles. The Balaban J connectivity index is 2.64. The van der Waals surface area contributed by atoms with Crippen molar-refractivity contribution < 1.29 is 9.66 Å². The van der Waals surface area contributed by atoms with Crippen LogP contribution in [0.2, 0.25) is 0 Å². The molecule has 5 nitrogen and oxygen atoms in total. The Morgan fingerprint density at radius 3 is 2.53 bits per heavy atom. The molecule has 0 atom stereocenters. The van der Waals surface area contributed by atoms with Crippen molar-refractivity contribution in [2.24, 2.45) is 0 Å². The van der Waals surface area contributed by atoms with E-state index in [2.05, 4.69) is 0 Å². The van der Waals surface area contributed by atoms with Gasteiger partial charge < -0.3 is 10.5 Å². The van der Waals surface area contributed by atoms with Crippen LogP contribution in [0.3, 0.4) is 0 Å². The van der Waals surface area contributed by atoms with Crippen LogP contribution in [-0.2, 0) is 0 Å². The van der Waals surface area contributed by atoms with Gasteiger partial charge in [-0.2, -0.15) is 0 Å². The van der Waals surface area contributed by atoms with Crippen LogP contribution in [0.15, 0.2) is 18.2 Å². The average Bonchev–Trinajstić information content (AvgIpc) is 2.62. The highest BCUT2D eigenvalue weighted by atomic mass is 32.1. The zero-order valence-corrected chi connectivity index (χ0v) is 11.7. The topological polar surface area (TPSA) is 78.4 Å². The summed E-state index contributed by atoms with van der Waals surface area (Å²) in [6.45, 7) is 3.95. The summed E-state index contributed by atoms with van der Waals surface area (Å²) < 4.78 is 4.99. The lowest BCUT2D eigenvalue weighted by molar-refractivity contribution is -0.385. The van der Waals surface area contributed by atoms with Gasteiger partial charge in [-0.05, 0) is 31.0 Å². The molecule has 2 rings (SSSR count). The molecule has 0 aliphatic rings. The zero-order chi connectivity index (χ0) is 14.2. The number of aryl methyl sites for hydroxylation is 1. The molecule has 100 valence electrons. The molecule has 1 heterocycles. The van der Waals surface area contributed by atoms with Crippen LogP contribution in [-0.4, -0.2) is 12.0 Å². The Labute approximate surface area is 114 Å². The van der Waals surface area contributed by atoms with Crippen LogP contribution in [0.4, 0.5) is 10.7 Å². The van der Waals surface area contributed by atoms with Gasteiger partial charge in [0.15, 0.2) is 5.75 Å². The third-order valence-electron chi connectivity index (χ3n) is 3.08. The smallest absolute Gasteiger partial charge is 0.311 e. The molecule has 0 fully saturated rings. The standard InChI is InChI=1S/C13H14N2O3S/c1-7-8(2)19-13(14)12(7)9-4-5-11(18-3)10(6-9)15(16)17/h4-6H,14H2,1-3H3. The molecule has 1 aromatic heterocycles. The maximum atomic E-state index is 11.0. The van der Waals surface area contributed by atoms with E-state index < -0.39 is 4.92 Å². The summed E-state index contributed by atoms with van der Waals surface area (Å²) in [6.07, 6.45) is 0. The fourth-order valence-corrected chi connectivity index (χ4v) is 2.96. The van der Waals surface area contributed by atoms with E-state index in [1.807, 2.05) is 13.8 Å². The quantitative estimate of drug-likeness (QED) is 0.688. The molecule has 0 amide bonds. The number of methoxy groups -OCH3 is 1. The van der Waals surface area contributed by atoms with E-state index in [1.54, 1.807) is 12.1 Å². The van der Waals surface area contributed by atoms with Crippen LogP contribution >= 0.6 is 11.3 Å². The summed E-state index contributed by atoms with van der Waals surface area (Å²) in [5, 5.41) is 11.7. The van der Waals surface area contributed by atoms with Gasteiger partial charge in [-0.3, -0.25) is 10.1 Å².